The van der Waals surface area contributed by atoms with Gasteiger partial charge in [-0.15, -0.1) is 0 Å². The normalized spacial score (nSPS) is 15.8. The van der Waals surface area contributed by atoms with Crippen molar-refractivity contribution in [2.24, 2.45) is 5.92 Å². The van der Waals surface area contributed by atoms with Crippen LogP contribution in [0.25, 0.3) is 0 Å². The van der Waals surface area contributed by atoms with Gasteiger partial charge in [0, 0.05) is 24.2 Å². The topological polar surface area (TPSA) is 60.8 Å². The predicted molar refractivity (Wildman–Crippen MR) is 77.9 cm³/mol. The lowest BCUT2D eigenvalue weighted by Gasteiger charge is -2.30. The van der Waals surface area contributed by atoms with Crippen LogP contribution in [0.3, 0.4) is 0 Å². The second kappa shape index (κ2) is 6.16. The average Bonchev–Trinajstić information content (AvgIpc) is 2.87. The Kier molecular flexibility index (Phi) is 4.53. The molecule has 0 heterocycles. The third kappa shape index (κ3) is 3.44. The van der Waals surface area contributed by atoms with E-state index in [0.29, 0.717) is 18.0 Å². The number of hydrogen-bond acceptors (Lipinski definition) is 3. The molecule has 2 N–H and O–H groups in total. The van der Waals surface area contributed by atoms with Gasteiger partial charge >= 0.3 is 0 Å². The van der Waals surface area contributed by atoms with Crippen molar-refractivity contribution in [3.8, 4) is 11.5 Å². The van der Waals surface area contributed by atoms with Crippen molar-refractivity contribution in [3.05, 3.63) is 23.8 Å². The summed E-state index contributed by atoms with van der Waals surface area (Å²) in [6.45, 7) is 4.89. The summed E-state index contributed by atoms with van der Waals surface area (Å²) >= 11 is 0. The van der Waals surface area contributed by atoms with Crippen LogP contribution in [0, 0.1) is 5.92 Å². The number of rotatable bonds is 4. The van der Waals surface area contributed by atoms with E-state index in [-0.39, 0.29) is 23.4 Å². The van der Waals surface area contributed by atoms with E-state index < -0.39 is 0 Å². The van der Waals surface area contributed by atoms with E-state index in [1.54, 1.807) is 0 Å². The minimum atomic E-state index is -0.100. The number of carbonyl (C=O) groups is 1. The van der Waals surface area contributed by atoms with E-state index in [4.69, 9.17) is 0 Å². The molecule has 1 amide bonds. The lowest BCUT2D eigenvalue weighted by Crippen LogP contribution is -2.41. The molecular formula is C16H23NO3. The Morgan fingerprint density at radius 3 is 2.25 bits per heavy atom. The summed E-state index contributed by atoms with van der Waals surface area (Å²) in [5.41, 5.74) is 0.357. The predicted octanol–water partition coefficient (Wildman–Crippen LogP) is 3.14. The van der Waals surface area contributed by atoms with Gasteiger partial charge in [-0.3, -0.25) is 4.79 Å². The molecule has 20 heavy (non-hydrogen) atoms. The summed E-state index contributed by atoms with van der Waals surface area (Å²) in [6.07, 6.45) is 4.42. The maximum absolute atomic E-state index is 12.7. The summed E-state index contributed by atoms with van der Waals surface area (Å²) in [5.74, 6) is 0.135. The highest BCUT2D eigenvalue weighted by molar-refractivity contribution is 5.95. The lowest BCUT2D eigenvalue weighted by atomic mass is 10.1. The quantitative estimate of drug-likeness (QED) is 0.888. The third-order valence-corrected chi connectivity index (χ3v) is 3.74. The first-order valence-electron chi connectivity index (χ1n) is 7.31. The molecule has 0 unspecified atom stereocenters. The Morgan fingerprint density at radius 2 is 1.75 bits per heavy atom. The van der Waals surface area contributed by atoms with E-state index in [2.05, 4.69) is 13.8 Å². The van der Waals surface area contributed by atoms with Gasteiger partial charge < -0.3 is 15.1 Å². The van der Waals surface area contributed by atoms with Crippen LogP contribution >= 0.6 is 0 Å². The zero-order chi connectivity index (χ0) is 14.7. The molecular weight excluding hydrogens is 254 g/mol. The first kappa shape index (κ1) is 14.7. The minimum absolute atomic E-state index is 0.0794. The van der Waals surface area contributed by atoms with E-state index in [1.807, 2.05) is 4.90 Å². The van der Waals surface area contributed by atoms with Gasteiger partial charge in [-0.05, 0) is 30.9 Å². The molecule has 4 nitrogen and oxygen atoms in total. The molecule has 0 radical (unpaired) electrons. The monoisotopic (exact) mass is 277 g/mol. The molecule has 2 rings (SSSR count). The highest BCUT2D eigenvalue weighted by Gasteiger charge is 2.28. The second-order valence-electron chi connectivity index (χ2n) is 6.03. The van der Waals surface area contributed by atoms with Crippen LogP contribution in [0.15, 0.2) is 18.2 Å². The number of amides is 1. The maximum Gasteiger partial charge on any atom is 0.254 e. The number of phenolic OH excluding ortho intramolecular Hbond substituents is 2. The van der Waals surface area contributed by atoms with E-state index in [9.17, 15) is 15.0 Å². The zero-order valence-electron chi connectivity index (χ0n) is 12.2. The largest absolute Gasteiger partial charge is 0.508 e. The van der Waals surface area contributed by atoms with Crippen molar-refractivity contribution < 1.29 is 15.0 Å². The van der Waals surface area contributed by atoms with Crippen LogP contribution in [0.2, 0.25) is 0 Å². The zero-order valence-corrected chi connectivity index (χ0v) is 12.2. The molecule has 0 spiro atoms. The minimum Gasteiger partial charge on any atom is -0.508 e. The fraction of sp³-hybridized carbons (Fsp3) is 0.562. The van der Waals surface area contributed by atoms with Gasteiger partial charge in [-0.25, -0.2) is 0 Å². The van der Waals surface area contributed by atoms with Crippen LogP contribution in [-0.2, 0) is 0 Å². The number of benzene rings is 1. The summed E-state index contributed by atoms with van der Waals surface area (Å²) in [6, 6.07) is 4.36. The number of hydrogen-bond donors (Lipinski definition) is 2. The summed E-state index contributed by atoms with van der Waals surface area (Å²) in [5, 5.41) is 19.1. The van der Waals surface area contributed by atoms with Crippen molar-refractivity contribution in [3.63, 3.8) is 0 Å². The molecule has 1 aliphatic carbocycles. The van der Waals surface area contributed by atoms with Gasteiger partial charge in [0.2, 0.25) is 0 Å². The third-order valence-electron chi connectivity index (χ3n) is 3.74. The lowest BCUT2D eigenvalue weighted by molar-refractivity contribution is 0.0654. The number of carbonyl (C=O) groups excluding carboxylic acids is 1. The molecule has 1 fully saturated rings. The van der Waals surface area contributed by atoms with Crippen LogP contribution in [-0.4, -0.2) is 33.6 Å². The fourth-order valence-corrected chi connectivity index (χ4v) is 2.89. The maximum atomic E-state index is 12.7. The first-order chi connectivity index (χ1) is 9.47. The van der Waals surface area contributed by atoms with Gasteiger partial charge in [0.25, 0.3) is 5.91 Å². The Bertz CT molecular complexity index is 458. The van der Waals surface area contributed by atoms with Gasteiger partial charge in [0.05, 0.1) is 0 Å². The average molecular weight is 277 g/mol. The second-order valence-corrected chi connectivity index (χ2v) is 6.03. The molecule has 110 valence electrons. The number of phenols is 2. The molecule has 0 aromatic heterocycles. The summed E-state index contributed by atoms with van der Waals surface area (Å²) in [4.78, 5) is 14.6. The Balaban J connectivity index is 2.24. The van der Waals surface area contributed by atoms with Crippen LogP contribution in [0.4, 0.5) is 0 Å². The van der Waals surface area contributed by atoms with Crippen molar-refractivity contribution >= 4 is 5.91 Å². The van der Waals surface area contributed by atoms with Crippen LogP contribution in [0.5, 0.6) is 11.5 Å². The number of aromatic hydroxyl groups is 2. The van der Waals surface area contributed by atoms with Crippen molar-refractivity contribution in [2.75, 3.05) is 6.54 Å². The molecule has 1 aromatic carbocycles. The molecule has 0 aliphatic heterocycles. The highest BCUT2D eigenvalue weighted by Crippen LogP contribution is 2.28. The fourth-order valence-electron chi connectivity index (χ4n) is 2.89. The molecule has 0 bridgehead atoms. The SMILES string of the molecule is CC(C)CN(C(=O)c1cc(O)cc(O)c1)C1CCCC1. The van der Waals surface area contributed by atoms with Gasteiger partial charge in [-0.1, -0.05) is 26.7 Å². The standard InChI is InChI=1S/C16H23NO3/c1-11(2)10-17(13-5-3-4-6-13)16(20)12-7-14(18)9-15(19)8-12/h7-9,11,13,18-19H,3-6,10H2,1-2H3. The molecule has 1 saturated carbocycles. The smallest absolute Gasteiger partial charge is 0.254 e. The summed E-state index contributed by atoms with van der Waals surface area (Å²) < 4.78 is 0. The van der Waals surface area contributed by atoms with E-state index in [0.717, 1.165) is 25.7 Å². The van der Waals surface area contributed by atoms with Crippen molar-refractivity contribution in [1.29, 1.82) is 0 Å². The van der Waals surface area contributed by atoms with Gasteiger partial charge in [0.15, 0.2) is 0 Å². The van der Waals surface area contributed by atoms with Gasteiger partial charge in [-0.2, -0.15) is 0 Å². The van der Waals surface area contributed by atoms with Crippen molar-refractivity contribution in [1.82, 2.24) is 4.90 Å². The number of nitrogens with zero attached hydrogens (tertiary/aromatic N) is 1. The molecule has 4 heteroatoms. The Hall–Kier alpha value is -1.71. The highest BCUT2D eigenvalue weighted by atomic mass is 16.3. The molecule has 0 atom stereocenters. The van der Waals surface area contributed by atoms with Gasteiger partial charge in [0.1, 0.15) is 11.5 Å². The molecule has 1 aliphatic rings. The Labute approximate surface area is 120 Å². The van der Waals surface area contributed by atoms with Crippen molar-refractivity contribution in [2.45, 2.75) is 45.6 Å². The first-order valence-corrected chi connectivity index (χ1v) is 7.31. The van der Waals surface area contributed by atoms with Crippen LogP contribution in [0.1, 0.15) is 49.9 Å². The van der Waals surface area contributed by atoms with E-state index >= 15 is 0 Å². The van der Waals surface area contributed by atoms with Crippen LogP contribution < -0.4 is 0 Å². The van der Waals surface area contributed by atoms with E-state index in [1.165, 1.54) is 18.2 Å². The summed E-state index contributed by atoms with van der Waals surface area (Å²) in [7, 11) is 0. The Morgan fingerprint density at radius 1 is 1.20 bits per heavy atom. The molecule has 0 saturated heterocycles. The molecule has 1 aromatic rings.